The van der Waals surface area contributed by atoms with Crippen molar-refractivity contribution in [2.45, 2.75) is 51.3 Å². The van der Waals surface area contributed by atoms with Gasteiger partial charge in [0.2, 0.25) is 11.8 Å². The third-order valence-corrected chi connectivity index (χ3v) is 9.24. The van der Waals surface area contributed by atoms with Gasteiger partial charge < -0.3 is 41.2 Å². The molecule has 6 N–H and O–H groups in total. The van der Waals surface area contributed by atoms with Crippen molar-refractivity contribution in [2.24, 2.45) is 16.6 Å². The molecule has 4 aromatic carbocycles. The Morgan fingerprint density at radius 3 is 2.07 bits per heavy atom. The molecule has 16 nitrogen and oxygen atoms in total. The quantitative estimate of drug-likeness (QED) is 0.0179. The van der Waals surface area contributed by atoms with Crippen LogP contribution in [0.5, 0.6) is 5.75 Å². The fraction of sp³-hybridized carbons (Fsp3) is 0.293. The third kappa shape index (κ3) is 11.3. The number of anilines is 1. The molecule has 0 unspecified atom stereocenters. The zero-order valence-corrected chi connectivity index (χ0v) is 31.7. The lowest BCUT2D eigenvalue weighted by molar-refractivity contribution is -0.384. The summed E-state index contributed by atoms with van der Waals surface area (Å²) in [5.41, 5.74) is 10.9. The summed E-state index contributed by atoms with van der Waals surface area (Å²) >= 11 is 0. The van der Waals surface area contributed by atoms with Gasteiger partial charge in [-0.2, -0.15) is 0 Å². The molecule has 1 aliphatic rings. The number of rotatable bonds is 16. The van der Waals surface area contributed by atoms with E-state index in [1.165, 1.54) is 24.3 Å². The van der Waals surface area contributed by atoms with Crippen LogP contribution < -0.4 is 31.7 Å². The molecule has 4 aromatic rings. The first kappa shape index (κ1) is 41.2. The summed E-state index contributed by atoms with van der Waals surface area (Å²) in [5, 5.41) is 22.1. The Bertz CT molecular complexity index is 2040. The smallest absolute Gasteiger partial charge is 0.449 e. The molecule has 0 saturated heterocycles. The van der Waals surface area contributed by atoms with Crippen LogP contribution in [-0.2, 0) is 25.7 Å². The third-order valence-electron chi connectivity index (χ3n) is 9.24. The molecule has 3 amide bonds. The molecule has 57 heavy (non-hydrogen) atoms. The first-order valence-electron chi connectivity index (χ1n) is 18.3. The van der Waals surface area contributed by atoms with Gasteiger partial charge in [-0.1, -0.05) is 74.5 Å². The van der Waals surface area contributed by atoms with Gasteiger partial charge >= 0.3 is 12.2 Å². The van der Waals surface area contributed by atoms with Crippen molar-refractivity contribution >= 4 is 41.4 Å². The highest BCUT2D eigenvalue weighted by atomic mass is 16.7. The van der Waals surface area contributed by atoms with Crippen molar-refractivity contribution in [1.82, 2.24) is 16.0 Å². The van der Waals surface area contributed by atoms with Crippen LogP contribution in [0.4, 0.5) is 21.0 Å². The summed E-state index contributed by atoms with van der Waals surface area (Å²) in [7, 11) is 1.54. The maximum atomic E-state index is 13.7. The van der Waals surface area contributed by atoms with Crippen LogP contribution in [0.15, 0.2) is 102 Å². The van der Waals surface area contributed by atoms with E-state index in [2.05, 4.69) is 26.3 Å². The average Bonchev–Trinajstić information content (AvgIpc) is 3.53. The van der Waals surface area contributed by atoms with Gasteiger partial charge in [0, 0.05) is 37.3 Å². The fourth-order valence-corrected chi connectivity index (χ4v) is 6.25. The molecule has 16 heteroatoms. The molecule has 298 valence electrons. The monoisotopic (exact) mass is 779 g/mol. The number of nitrogens with zero attached hydrogens (tertiary/aromatic N) is 2. The number of carbonyl (C=O) groups is 4. The van der Waals surface area contributed by atoms with Crippen LogP contribution in [-0.4, -0.2) is 67.2 Å². The summed E-state index contributed by atoms with van der Waals surface area (Å²) in [5.74, 6) is -1.26. The van der Waals surface area contributed by atoms with E-state index >= 15 is 0 Å². The second-order valence-corrected chi connectivity index (χ2v) is 13.5. The van der Waals surface area contributed by atoms with E-state index in [4.69, 9.17) is 19.9 Å². The lowest BCUT2D eigenvalue weighted by atomic mass is 9.98. The lowest BCUT2D eigenvalue weighted by Crippen LogP contribution is -2.54. The Morgan fingerprint density at radius 1 is 0.842 bits per heavy atom. The van der Waals surface area contributed by atoms with E-state index in [1.54, 1.807) is 45.2 Å². The second-order valence-electron chi connectivity index (χ2n) is 13.5. The Kier molecular flexibility index (Phi) is 14.1. The first-order chi connectivity index (χ1) is 27.4. The number of fused-ring (bicyclic) bond motifs is 3. The Balaban J connectivity index is 1.17. The van der Waals surface area contributed by atoms with Crippen molar-refractivity contribution in [3.8, 4) is 16.9 Å². The minimum Gasteiger partial charge on any atom is -0.449 e. The van der Waals surface area contributed by atoms with E-state index in [-0.39, 0.29) is 48.9 Å². The summed E-state index contributed by atoms with van der Waals surface area (Å²) < 4.78 is 15.9. The normalized spacial score (nSPS) is 13.0. The number of nitrogens with two attached hydrogens (primary N) is 1. The Labute approximate surface area is 329 Å². The highest BCUT2D eigenvalue weighted by Crippen LogP contribution is 2.44. The number of nitrogens with one attached hydrogen (secondary N) is 4. The maximum Gasteiger partial charge on any atom is 0.514 e. The Hall–Kier alpha value is -6.97. The molecule has 2 atom stereocenters. The van der Waals surface area contributed by atoms with E-state index in [0.29, 0.717) is 24.2 Å². The van der Waals surface area contributed by atoms with Crippen molar-refractivity contribution in [3.63, 3.8) is 0 Å². The number of hydrogen-bond acceptors (Lipinski definition) is 10. The molecule has 0 fully saturated rings. The SMILES string of the molecule is CN=C(N)NCCC[C@H](NC(=O)[C@@H](NC(=O)OCC1c2ccccc2-c2ccccc21)C(C)C)C(=O)Nc1ccc(COC(=O)Oc2ccc([N+](=O)[O-])cc2)cc1. The fourth-order valence-electron chi connectivity index (χ4n) is 6.25. The van der Waals surface area contributed by atoms with Gasteiger partial charge in [0.05, 0.1) is 4.92 Å². The molecule has 0 spiro atoms. The van der Waals surface area contributed by atoms with E-state index in [1.807, 2.05) is 48.5 Å². The van der Waals surface area contributed by atoms with Crippen molar-refractivity contribution in [2.75, 3.05) is 25.5 Å². The van der Waals surface area contributed by atoms with Gasteiger partial charge in [-0.3, -0.25) is 24.7 Å². The average molecular weight is 780 g/mol. The topological polar surface area (TPSA) is 226 Å². The first-order valence-corrected chi connectivity index (χ1v) is 18.3. The van der Waals surface area contributed by atoms with Crippen molar-refractivity contribution < 1.29 is 38.3 Å². The maximum absolute atomic E-state index is 13.7. The molecule has 0 aliphatic heterocycles. The van der Waals surface area contributed by atoms with Crippen LogP contribution in [0.1, 0.15) is 49.3 Å². The summed E-state index contributed by atoms with van der Waals surface area (Å²) in [6.07, 6.45) is -1.10. The molecular formula is C41H45N7O9. The lowest BCUT2D eigenvalue weighted by Gasteiger charge is -2.25. The molecule has 0 radical (unpaired) electrons. The largest absolute Gasteiger partial charge is 0.514 e. The number of benzene rings is 4. The number of nitro benzene ring substituents is 1. The summed E-state index contributed by atoms with van der Waals surface area (Å²) in [4.78, 5) is 66.7. The summed E-state index contributed by atoms with van der Waals surface area (Å²) in [6.45, 7) is 3.87. The minimum absolute atomic E-state index is 0.0751. The number of alkyl carbamates (subject to hydrolysis) is 1. The van der Waals surface area contributed by atoms with Gasteiger partial charge in [-0.25, -0.2) is 9.59 Å². The number of carbonyl (C=O) groups excluding carboxylic acids is 4. The predicted octanol–water partition coefficient (Wildman–Crippen LogP) is 5.61. The molecule has 0 saturated carbocycles. The minimum atomic E-state index is -1.01. The zero-order valence-electron chi connectivity index (χ0n) is 31.7. The van der Waals surface area contributed by atoms with Crippen LogP contribution >= 0.6 is 0 Å². The van der Waals surface area contributed by atoms with Crippen LogP contribution in [0.25, 0.3) is 11.1 Å². The number of guanidine groups is 1. The van der Waals surface area contributed by atoms with Gasteiger partial charge in [-0.05, 0) is 70.8 Å². The van der Waals surface area contributed by atoms with Crippen molar-refractivity contribution in [3.05, 3.63) is 124 Å². The molecule has 0 aromatic heterocycles. The number of ether oxygens (including phenoxy) is 3. The number of non-ortho nitro benzene ring substituents is 1. The predicted molar refractivity (Wildman–Crippen MR) is 213 cm³/mol. The van der Waals surface area contributed by atoms with E-state index in [9.17, 15) is 29.3 Å². The van der Waals surface area contributed by atoms with Gasteiger partial charge in [-0.15, -0.1) is 0 Å². The number of aliphatic imine (C=N–C) groups is 1. The molecular weight excluding hydrogens is 734 g/mol. The van der Waals surface area contributed by atoms with Crippen LogP contribution in [0.3, 0.4) is 0 Å². The van der Waals surface area contributed by atoms with Gasteiger partial charge in [0.25, 0.3) is 5.69 Å². The van der Waals surface area contributed by atoms with Gasteiger partial charge in [0.15, 0.2) is 5.96 Å². The molecule has 0 bridgehead atoms. The highest BCUT2D eigenvalue weighted by molar-refractivity contribution is 5.98. The summed E-state index contributed by atoms with van der Waals surface area (Å²) in [6, 6.07) is 25.4. The van der Waals surface area contributed by atoms with E-state index < -0.39 is 41.1 Å². The molecule has 1 aliphatic carbocycles. The van der Waals surface area contributed by atoms with E-state index in [0.717, 1.165) is 22.3 Å². The second kappa shape index (κ2) is 19.6. The molecule has 5 rings (SSSR count). The molecule has 0 heterocycles. The number of hydrogen-bond donors (Lipinski definition) is 5. The Morgan fingerprint density at radius 2 is 1.47 bits per heavy atom. The number of nitro groups is 1. The zero-order chi connectivity index (χ0) is 40.9. The highest BCUT2D eigenvalue weighted by Gasteiger charge is 2.32. The van der Waals surface area contributed by atoms with Crippen molar-refractivity contribution in [1.29, 1.82) is 0 Å². The standard InChI is InChI=1S/C41H45N7O9/c1-25(2)36(47-40(51)55-24-34-32-11-6-4-9-30(32)31-10-5-7-12-33(31)34)38(50)46-35(13-8-22-44-39(42)43-3)37(49)45-27-16-14-26(15-17-27)23-56-41(52)57-29-20-18-28(19-21-29)48(53)54/h4-7,9-12,14-21,25,34-36H,8,13,22-24H2,1-3H3,(H,45,49)(H,46,50)(H,47,51)(H3,42,43,44)/t35-,36-/m0/s1. The number of amides is 3. The van der Waals surface area contributed by atoms with Gasteiger partial charge in [0.1, 0.15) is 31.0 Å². The van der Waals surface area contributed by atoms with Crippen LogP contribution in [0.2, 0.25) is 0 Å². The van der Waals surface area contributed by atoms with Crippen LogP contribution in [0, 0.1) is 16.0 Å².